The largest absolute Gasteiger partial charge is 0.493 e. The van der Waals surface area contributed by atoms with Crippen molar-refractivity contribution in [3.8, 4) is 5.75 Å². The van der Waals surface area contributed by atoms with Gasteiger partial charge in [-0.15, -0.1) is 0 Å². The van der Waals surface area contributed by atoms with Gasteiger partial charge in [0.15, 0.2) is 0 Å². The Balaban J connectivity index is 1.58. The van der Waals surface area contributed by atoms with Crippen LogP contribution in [0.15, 0.2) is 29.2 Å². The molecule has 0 bridgehead atoms. The van der Waals surface area contributed by atoms with Crippen molar-refractivity contribution in [3.63, 3.8) is 0 Å². The van der Waals surface area contributed by atoms with Crippen LogP contribution in [0.5, 0.6) is 5.75 Å². The average Bonchev–Trinajstić information content (AvgIpc) is 2.85. The number of ether oxygens (including phenoxy) is 1. The van der Waals surface area contributed by atoms with Crippen LogP contribution in [0.1, 0.15) is 51.4 Å². The standard InChI is InChI=1S/C19H28N2O4S/c22-19-18(8-4-5-13-20-19)21-26(23,24)17-11-9-16(10-12-17)25-14-15-6-2-1-3-7-15/h9-12,15,18,21H,1-8,13-14H2,(H,20,22)/t18-/m1/s1. The Bertz CT molecular complexity index is 697. The highest BCUT2D eigenvalue weighted by Gasteiger charge is 2.26. The lowest BCUT2D eigenvalue weighted by molar-refractivity contribution is -0.122. The number of hydrogen-bond acceptors (Lipinski definition) is 4. The lowest BCUT2D eigenvalue weighted by Crippen LogP contribution is -2.45. The molecule has 1 aliphatic heterocycles. The van der Waals surface area contributed by atoms with E-state index < -0.39 is 16.1 Å². The van der Waals surface area contributed by atoms with E-state index in [0.29, 0.717) is 31.2 Å². The molecule has 1 atom stereocenters. The molecule has 3 rings (SSSR count). The zero-order chi connectivity index (χ0) is 18.4. The zero-order valence-corrected chi connectivity index (χ0v) is 15.9. The van der Waals surface area contributed by atoms with Gasteiger partial charge in [0, 0.05) is 6.54 Å². The molecule has 2 N–H and O–H groups in total. The summed E-state index contributed by atoms with van der Waals surface area (Å²) in [6.07, 6.45) is 8.48. The van der Waals surface area contributed by atoms with Gasteiger partial charge in [0.05, 0.1) is 11.5 Å². The van der Waals surface area contributed by atoms with E-state index in [2.05, 4.69) is 10.0 Å². The first-order valence-corrected chi connectivity index (χ1v) is 11.1. The van der Waals surface area contributed by atoms with E-state index >= 15 is 0 Å². The number of amides is 1. The summed E-state index contributed by atoms with van der Waals surface area (Å²) < 4.78 is 33.4. The first-order chi connectivity index (χ1) is 12.5. The van der Waals surface area contributed by atoms with Crippen molar-refractivity contribution in [2.24, 2.45) is 5.92 Å². The quantitative estimate of drug-likeness (QED) is 0.794. The molecule has 6 nitrogen and oxygen atoms in total. The van der Waals surface area contributed by atoms with Crippen molar-refractivity contribution in [2.45, 2.75) is 62.3 Å². The van der Waals surface area contributed by atoms with Gasteiger partial charge in [-0.25, -0.2) is 8.42 Å². The summed E-state index contributed by atoms with van der Waals surface area (Å²) in [6.45, 7) is 1.29. The summed E-state index contributed by atoms with van der Waals surface area (Å²) >= 11 is 0. The molecule has 1 saturated heterocycles. The first kappa shape index (κ1) is 19.2. The van der Waals surface area contributed by atoms with Gasteiger partial charge in [-0.05, 0) is 62.3 Å². The summed E-state index contributed by atoms with van der Waals surface area (Å²) in [6, 6.07) is 5.74. The van der Waals surface area contributed by atoms with Crippen molar-refractivity contribution < 1.29 is 17.9 Å². The molecule has 7 heteroatoms. The average molecular weight is 381 g/mol. The molecule has 0 radical (unpaired) electrons. The highest BCUT2D eigenvalue weighted by Crippen LogP contribution is 2.25. The molecule has 0 spiro atoms. The van der Waals surface area contributed by atoms with Crippen molar-refractivity contribution in [3.05, 3.63) is 24.3 Å². The predicted octanol–water partition coefficient (Wildman–Crippen LogP) is 2.59. The molecule has 0 unspecified atom stereocenters. The second-order valence-electron chi connectivity index (χ2n) is 7.25. The molecule has 2 aliphatic rings. The van der Waals surface area contributed by atoms with Gasteiger partial charge in [-0.1, -0.05) is 19.3 Å². The van der Waals surface area contributed by atoms with Gasteiger partial charge < -0.3 is 10.1 Å². The third-order valence-electron chi connectivity index (χ3n) is 5.18. The van der Waals surface area contributed by atoms with Gasteiger partial charge in [0.2, 0.25) is 15.9 Å². The van der Waals surface area contributed by atoms with Crippen LogP contribution < -0.4 is 14.8 Å². The normalized spacial score (nSPS) is 22.5. The van der Waals surface area contributed by atoms with Crippen LogP contribution in [0, 0.1) is 5.92 Å². The molecular formula is C19H28N2O4S. The van der Waals surface area contributed by atoms with E-state index in [0.717, 1.165) is 12.8 Å². The predicted molar refractivity (Wildman–Crippen MR) is 99.5 cm³/mol. The highest BCUT2D eigenvalue weighted by atomic mass is 32.2. The molecule has 144 valence electrons. The fourth-order valence-corrected chi connectivity index (χ4v) is 4.82. The van der Waals surface area contributed by atoms with Crippen molar-refractivity contribution in [1.82, 2.24) is 10.0 Å². The van der Waals surface area contributed by atoms with Crippen LogP contribution in [0.2, 0.25) is 0 Å². The second-order valence-corrected chi connectivity index (χ2v) is 8.96. The topological polar surface area (TPSA) is 84.5 Å². The summed E-state index contributed by atoms with van der Waals surface area (Å²) in [5.41, 5.74) is 0. The minimum atomic E-state index is -3.73. The Morgan fingerprint density at radius 1 is 1.00 bits per heavy atom. The van der Waals surface area contributed by atoms with Crippen LogP contribution >= 0.6 is 0 Å². The summed E-state index contributed by atoms with van der Waals surface area (Å²) in [7, 11) is -3.73. The Kier molecular flexibility index (Phi) is 6.53. The van der Waals surface area contributed by atoms with Gasteiger partial charge in [-0.3, -0.25) is 4.79 Å². The maximum atomic E-state index is 12.5. The summed E-state index contributed by atoms with van der Waals surface area (Å²) in [5.74, 6) is 1.03. The molecule has 26 heavy (non-hydrogen) atoms. The van der Waals surface area contributed by atoms with Crippen molar-refractivity contribution >= 4 is 15.9 Å². The van der Waals surface area contributed by atoms with E-state index in [-0.39, 0.29) is 10.8 Å². The summed E-state index contributed by atoms with van der Waals surface area (Å²) in [4.78, 5) is 12.1. The first-order valence-electron chi connectivity index (χ1n) is 9.57. The van der Waals surface area contributed by atoms with Crippen LogP contribution in [0.4, 0.5) is 0 Å². The molecule has 1 aromatic carbocycles. The van der Waals surface area contributed by atoms with Gasteiger partial charge in [0.25, 0.3) is 0 Å². The molecule has 1 aliphatic carbocycles. The van der Waals surface area contributed by atoms with Gasteiger partial charge >= 0.3 is 0 Å². The SMILES string of the molecule is O=C1NCCCC[C@H]1NS(=O)(=O)c1ccc(OCC2CCCCC2)cc1. The molecule has 1 heterocycles. The van der Waals surface area contributed by atoms with Crippen LogP contribution in [-0.2, 0) is 14.8 Å². The number of carbonyl (C=O) groups is 1. The lowest BCUT2D eigenvalue weighted by Gasteiger charge is -2.21. The minimum Gasteiger partial charge on any atom is -0.493 e. The number of sulfonamides is 1. The van der Waals surface area contributed by atoms with E-state index in [1.165, 1.54) is 44.2 Å². The molecule has 1 saturated carbocycles. The number of rotatable bonds is 6. The molecule has 0 aromatic heterocycles. The monoisotopic (exact) mass is 380 g/mol. The zero-order valence-electron chi connectivity index (χ0n) is 15.1. The molecule has 1 amide bonds. The second kappa shape index (κ2) is 8.86. The van der Waals surface area contributed by atoms with Crippen LogP contribution in [0.3, 0.4) is 0 Å². The molecule has 1 aromatic rings. The van der Waals surface area contributed by atoms with E-state index in [9.17, 15) is 13.2 Å². The minimum absolute atomic E-state index is 0.152. The Morgan fingerprint density at radius 3 is 2.42 bits per heavy atom. The van der Waals surface area contributed by atoms with Gasteiger partial charge in [0.1, 0.15) is 11.8 Å². The fourth-order valence-electron chi connectivity index (χ4n) is 3.59. The maximum Gasteiger partial charge on any atom is 0.241 e. The Morgan fingerprint density at radius 2 is 1.69 bits per heavy atom. The maximum absolute atomic E-state index is 12.5. The Labute approximate surface area is 155 Å². The Hall–Kier alpha value is -1.60. The number of hydrogen-bond donors (Lipinski definition) is 2. The summed E-state index contributed by atoms with van der Waals surface area (Å²) in [5, 5.41) is 2.74. The highest BCUT2D eigenvalue weighted by molar-refractivity contribution is 7.89. The fraction of sp³-hybridized carbons (Fsp3) is 0.632. The van der Waals surface area contributed by atoms with E-state index in [4.69, 9.17) is 4.74 Å². The number of nitrogens with one attached hydrogen (secondary N) is 2. The smallest absolute Gasteiger partial charge is 0.241 e. The molecular weight excluding hydrogens is 352 g/mol. The third kappa shape index (κ3) is 5.20. The van der Waals surface area contributed by atoms with Crippen molar-refractivity contribution in [2.75, 3.05) is 13.2 Å². The van der Waals surface area contributed by atoms with Crippen LogP contribution in [0.25, 0.3) is 0 Å². The number of benzene rings is 1. The van der Waals surface area contributed by atoms with Crippen LogP contribution in [-0.4, -0.2) is 33.5 Å². The third-order valence-corrected chi connectivity index (χ3v) is 6.66. The van der Waals surface area contributed by atoms with Crippen molar-refractivity contribution in [1.29, 1.82) is 0 Å². The van der Waals surface area contributed by atoms with E-state index in [1.807, 2.05) is 0 Å². The molecule has 2 fully saturated rings. The lowest BCUT2D eigenvalue weighted by atomic mass is 9.90. The van der Waals surface area contributed by atoms with E-state index in [1.54, 1.807) is 12.1 Å². The van der Waals surface area contributed by atoms with Gasteiger partial charge in [-0.2, -0.15) is 4.72 Å². The number of carbonyl (C=O) groups excluding carboxylic acids is 1.